The maximum absolute atomic E-state index is 13.3. The van der Waals surface area contributed by atoms with Crippen molar-refractivity contribution in [2.75, 3.05) is 4.90 Å². The Bertz CT molecular complexity index is 1130. The topological polar surface area (TPSA) is 46.1 Å². The third kappa shape index (κ3) is 4.47. The standard InChI is InChI=1S/C23H20ClN3OS/c1-2-16-8-10-17(11-9-16)13-21(28)27(15-18-5-4-12-25-14-18)23-26-22-19(24)6-3-7-20(22)29-23/h3-12,14H,2,13,15H2,1H3. The Morgan fingerprint density at radius 1 is 1.03 bits per heavy atom. The number of carbonyl (C=O) groups excluding carboxylic acids is 1. The number of carbonyl (C=O) groups is 1. The van der Waals surface area contributed by atoms with E-state index in [1.165, 1.54) is 16.9 Å². The summed E-state index contributed by atoms with van der Waals surface area (Å²) in [6.07, 6.45) is 4.79. The summed E-state index contributed by atoms with van der Waals surface area (Å²) < 4.78 is 0.962. The number of benzene rings is 2. The third-order valence-electron chi connectivity index (χ3n) is 4.74. The average Bonchev–Trinajstić information content (AvgIpc) is 3.18. The number of nitrogens with zero attached hydrogens (tertiary/aromatic N) is 3. The van der Waals surface area contributed by atoms with Crippen LogP contribution in [-0.4, -0.2) is 15.9 Å². The maximum atomic E-state index is 13.3. The summed E-state index contributed by atoms with van der Waals surface area (Å²) in [4.78, 5) is 23.8. The fourth-order valence-electron chi connectivity index (χ4n) is 3.12. The number of rotatable bonds is 6. The Hall–Kier alpha value is -2.76. The van der Waals surface area contributed by atoms with Gasteiger partial charge in [0.05, 0.1) is 22.7 Å². The summed E-state index contributed by atoms with van der Waals surface area (Å²) in [5.41, 5.74) is 3.93. The molecule has 0 aliphatic rings. The van der Waals surface area contributed by atoms with E-state index in [2.05, 4.69) is 29.0 Å². The number of hydrogen-bond donors (Lipinski definition) is 0. The number of para-hydroxylation sites is 1. The van der Waals surface area contributed by atoms with Crippen molar-refractivity contribution in [1.29, 1.82) is 0 Å². The van der Waals surface area contributed by atoms with Gasteiger partial charge < -0.3 is 0 Å². The van der Waals surface area contributed by atoms with Crippen molar-refractivity contribution in [2.45, 2.75) is 26.3 Å². The second-order valence-electron chi connectivity index (χ2n) is 6.77. The molecule has 0 unspecified atom stereocenters. The van der Waals surface area contributed by atoms with Crippen LogP contribution in [0.15, 0.2) is 67.0 Å². The zero-order chi connectivity index (χ0) is 20.2. The fourth-order valence-corrected chi connectivity index (χ4v) is 4.40. The van der Waals surface area contributed by atoms with Crippen LogP contribution in [0, 0.1) is 0 Å². The van der Waals surface area contributed by atoms with Crippen molar-refractivity contribution < 1.29 is 4.79 Å². The van der Waals surface area contributed by atoms with Gasteiger partial charge in [-0.05, 0) is 41.3 Å². The highest BCUT2D eigenvalue weighted by Crippen LogP contribution is 2.33. The van der Waals surface area contributed by atoms with Crippen LogP contribution in [0.4, 0.5) is 5.13 Å². The Morgan fingerprint density at radius 2 is 1.83 bits per heavy atom. The van der Waals surface area contributed by atoms with Gasteiger partial charge >= 0.3 is 0 Å². The van der Waals surface area contributed by atoms with E-state index in [0.717, 1.165) is 27.8 Å². The van der Waals surface area contributed by atoms with Crippen LogP contribution in [0.25, 0.3) is 10.2 Å². The van der Waals surface area contributed by atoms with Crippen molar-refractivity contribution in [1.82, 2.24) is 9.97 Å². The SMILES string of the molecule is CCc1ccc(CC(=O)N(Cc2cccnc2)c2nc3c(Cl)cccc3s2)cc1. The average molecular weight is 422 g/mol. The molecule has 0 spiro atoms. The Labute approximate surface area is 178 Å². The van der Waals surface area contributed by atoms with Crippen LogP contribution in [0.2, 0.25) is 5.02 Å². The number of aryl methyl sites for hydroxylation is 1. The molecule has 0 atom stereocenters. The van der Waals surface area contributed by atoms with E-state index in [1.54, 1.807) is 17.3 Å². The first-order valence-corrected chi connectivity index (χ1v) is 10.7. The summed E-state index contributed by atoms with van der Waals surface area (Å²) in [6.45, 7) is 2.53. The van der Waals surface area contributed by atoms with Gasteiger partial charge in [-0.25, -0.2) is 4.98 Å². The number of thiazole rings is 1. The van der Waals surface area contributed by atoms with E-state index in [1.807, 2.05) is 42.5 Å². The first-order chi connectivity index (χ1) is 14.1. The predicted molar refractivity (Wildman–Crippen MR) is 120 cm³/mol. The number of anilines is 1. The highest BCUT2D eigenvalue weighted by Gasteiger charge is 2.21. The number of pyridine rings is 1. The molecule has 0 fully saturated rings. The zero-order valence-electron chi connectivity index (χ0n) is 16.0. The summed E-state index contributed by atoms with van der Waals surface area (Å²) in [6, 6.07) is 17.7. The van der Waals surface area contributed by atoms with Crippen molar-refractivity contribution in [3.63, 3.8) is 0 Å². The molecule has 4 aromatic rings. The highest BCUT2D eigenvalue weighted by molar-refractivity contribution is 7.22. The van der Waals surface area contributed by atoms with Gasteiger partial charge in [-0.15, -0.1) is 0 Å². The quantitative estimate of drug-likeness (QED) is 0.402. The van der Waals surface area contributed by atoms with Crippen LogP contribution < -0.4 is 4.90 Å². The van der Waals surface area contributed by atoms with Gasteiger partial charge in [0.15, 0.2) is 5.13 Å². The summed E-state index contributed by atoms with van der Waals surface area (Å²) >= 11 is 7.78. The van der Waals surface area contributed by atoms with Gasteiger partial charge in [0, 0.05) is 12.4 Å². The van der Waals surface area contributed by atoms with Gasteiger partial charge in [0.1, 0.15) is 5.52 Å². The number of fused-ring (bicyclic) bond motifs is 1. The molecule has 0 N–H and O–H groups in total. The molecule has 0 saturated heterocycles. The molecule has 0 aliphatic carbocycles. The van der Waals surface area contributed by atoms with Crippen LogP contribution in [0.3, 0.4) is 0 Å². The van der Waals surface area contributed by atoms with Gasteiger partial charge in [-0.3, -0.25) is 14.7 Å². The minimum atomic E-state index is -0.00622. The summed E-state index contributed by atoms with van der Waals surface area (Å²) in [7, 11) is 0. The first kappa shape index (κ1) is 19.6. The second-order valence-corrected chi connectivity index (χ2v) is 8.19. The van der Waals surface area contributed by atoms with E-state index < -0.39 is 0 Å². The van der Waals surface area contributed by atoms with Crippen LogP contribution in [0.5, 0.6) is 0 Å². The van der Waals surface area contributed by atoms with Crippen molar-refractivity contribution in [3.05, 3.63) is 88.7 Å². The normalized spacial score (nSPS) is 11.0. The molecule has 4 rings (SSSR count). The van der Waals surface area contributed by atoms with E-state index in [-0.39, 0.29) is 5.91 Å². The highest BCUT2D eigenvalue weighted by atomic mass is 35.5. The smallest absolute Gasteiger partial charge is 0.233 e. The van der Waals surface area contributed by atoms with Crippen LogP contribution in [0.1, 0.15) is 23.6 Å². The minimum Gasteiger partial charge on any atom is -0.283 e. The monoisotopic (exact) mass is 421 g/mol. The summed E-state index contributed by atoms with van der Waals surface area (Å²) in [5, 5.41) is 1.24. The molecule has 0 saturated carbocycles. The number of halogens is 1. The Balaban J connectivity index is 1.66. The van der Waals surface area contributed by atoms with Gasteiger partial charge in [0.25, 0.3) is 0 Å². The Kier molecular flexibility index (Phi) is 5.88. The van der Waals surface area contributed by atoms with Gasteiger partial charge in [-0.2, -0.15) is 0 Å². The van der Waals surface area contributed by atoms with Crippen LogP contribution in [-0.2, 0) is 24.2 Å². The van der Waals surface area contributed by atoms with E-state index in [4.69, 9.17) is 11.6 Å². The molecule has 4 nitrogen and oxygen atoms in total. The van der Waals surface area contributed by atoms with Crippen LogP contribution >= 0.6 is 22.9 Å². The molecule has 2 heterocycles. The molecule has 6 heteroatoms. The first-order valence-electron chi connectivity index (χ1n) is 9.46. The number of hydrogen-bond acceptors (Lipinski definition) is 4. The molecule has 0 radical (unpaired) electrons. The third-order valence-corrected chi connectivity index (χ3v) is 6.09. The lowest BCUT2D eigenvalue weighted by atomic mass is 10.1. The van der Waals surface area contributed by atoms with Crippen molar-refractivity contribution >= 4 is 44.2 Å². The number of amides is 1. The molecular formula is C23H20ClN3OS. The zero-order valence-corrected chi connectivity index (χ0v) is 17.6. The molecule has 0 aliphatic heterocycles. The molecule has 146 valence electrons. The maximum Gasteiger partial charge on any atom is 0.233 e. The lowest BCUT2D eigenvalue weighted by Gasteiger charge is -2.20. The van der Waals surface area contributed by atoms with E-state index in [9.17, 15) is 4.79 Å². The van der Waals surface area contributed by atoms with Crippen molar-refractivity contribution in [3.8, 4) is 0 Å². The molecule has 0 bridgehead atoms. The molecular weight excluding hydrogens is 402 g/mol. The Morgan fingerprint density at radius 3 is 2.52 bits per heavy atom. The van der Waals surface area contributed by atoms with Gasteiger partial charge in [-0.1, -0.05) is 66.3 Å². The van der Waals surface area contributed by atoms with Crippen molar-refractivity contribution in [2.24, 2.45) is 0 Å². The minimum absolute atomic E-state index is 0.00622. The van der Waals surface area contributed by atoms with Gasteiger partial charge in [0.2, 0.25) is 5.91 Å². The lowest BCUT2D eigenvalue weighted by Crippen LogP contribution is -2.31. The lowest BCUT2D eigenvalue weighted by molar-refractivity contribution is -0.118. The van der Waals surface area contributed by atoms with E-state index in [0.29, 0.717) is 23.1 Å². The number of aromatic nitrogens is 2. The second kappa shape index (κ2) is 8.72. The largest absolute Gasteiger partial charge is 0.283 e. The predicted octanol–water partition coefficient (Wildman–Crippen LogP) is 5.68. The molecule has 29 heavy (non-hydrogen) atoms. The molecule has 2 aromatic heterocycles. The molecule has 1 amide bonds. The summed E-state index contributed by atoms with van der Waals surface area (Å²) in [5.74, 6) is -0.00622. The molecule has 2 aromatic carbocycles. The van der Waals surface area contributed by atoms with E-state index >= 15 is 0 Å². The fraction of sp³-hybridized carbons (Fsp3) is 0.174.